The quantitative estimate of drug-likeness (QED) is 0.554. The van der Waals surface area contributed by atoms with Crippen LogP contribution in [0.3, 0.4) is 0 Å². The maximum Gasteiger partial charge on any atom is 0.337 e. The van der Waals surface area contributed by atoms with Gasteiger partial charge in [0.1, 0.15) is 5.82 Å². The van der Waals surface area contributed by atoms with Gasteiger partial charge in [-0.05, 0) is 43.4 Å². The van der Waals surface area contributed by atoms with Gasteiger partial charge in [0.05, 0.1) is 18.4 Å². The lowest BCUT2D eigenvalue weighted by atomic mass is 10.1. The number of amides is 1. The SMILES string of the molecule is COC(=O)c1ccc(CNC(=O)CSc2nnc(C3CC3)n2C2CC2)cc1. The van der Waals surface area contributed by atoms with Crippen molar-refractivity contribution in [1.82, 2.24) is 20.1 Å². The summed E-state index contributed by atoms with van der Waals surface area (Å²) < 4.78 is 6.93. The second-order valence-corrected chi connectivity index (χ2v) is 7.91. The van der Waals surface area contributed by atoms with Crippen molar-refractivity contribution in [2.75, 3.05) is 12.9 Å². The molecule has 0 spiro atoms. The molecule has 1 heterocycles. The predicted molar refractivity (Wildman–Crippen MR) is 101 cm³/mol. The molecule has 4 rings (SSSR count). The van der Waals surface area contributed by atoms with Crippen LogP contribution < -0.4 is 5.32 Å². The fourth-order valence-electron chi connectivity index (χ4n) is 2.94. The van der Waals surface area contributed by atoms with Crippen molar-refractivity contribution in [2.24, 2.45) is 0 Å². The van der Waals surface area contributed by atoms with Crippen LogP contribution in [0.25, 0.3) is 0 Å². The van der Waals surface area contributed by atoms with Crippen molar-refractivity contribution in [1.29, 1.82) is 0 Å². The van der Waals surface area contributed by atoms with Crippen LogP contribution in [0.1, 0.15) is 59.4 Å². The van der Waals surface area contributed by atoms with Crippen LogP contribution in [-0.4, -0.2) is 39.5 Å². The first kappa shape index (κ1) is 18.0. The molecule has 142 valence electrons. The van der Waals surface area contributed by atoms with Crippen LogP contribution in [0.5, 0.6) is 0 Å². The van der Waals surface area contributed by atoms with Crippen LogP contribution in [0.15, 0.2) is 29.4 Å². The molecule has 0 unspecified atom stereocenters. The first-order valence-corrected chi connectivity index (χ1v) is 10.2. The Balaban J connectivity index is 1.28. The average Bonchev–Trinajstić information content (AvgIpc) is 3.63. The highest BCUT2D eigenvalue weighted by molar-refractivity contribution is 7.99. The summed E-state index contributed by atoms with van der Waals surface area (Å²) in [6.45, 7) is 0.420. The van der Waals surface area contributed by atoms with Gasteiger partial charge >= 0.3 is 5.97 Å². The van der Waals surface area contributed by atoms with E-state index in [1.54, 1.807) is 12.1 Å². The molecule has 8 heteroatoms. The highest BCUT2D eigenvalue weighted by Gasteiger charge is 2.36. The first-order valence-electron chi connectivity index (χ1n) is 9.17. The minimum atomic E-state index is -0.368. The van der Waals surface area contributed by atoms with Crippen LogP contribution in [0, 0.1) is 0 Å². The van der Waals surface area contributed by atoms with Gasteiger partial charge in [0.25, 0.3) is 0 Å². The van der Waals surface area contributed by atoms with Gasteiger partial charge in [-0.25, -0.2) is 4.79 Å². The Morgan fingerprint density at radius 3 is 2.56 bits per heavy atom. The van der Waals surface area contributed by atoms with Crippen LogP contribution in [0.2, 0.25) is 0 Å². The van der Waals surface area contributed by atoms with Crippen LogP contribution in [0.4, 0.5) is 0 Å². The number of methoxy groups -OCH3 is 1. The smallest absolute Gasteiger partial charge is 0.337 e. The van der Waals surface area contributed by atoms with Crippen molar-refractivity contribution < 1.29 is 14.3 Å². The fraction of sp³-hybridized carbons (Fsp3) is 0.474. The summed E-state index contributed by atoms with van der Waals surface area (Å²) in [4.78, 5) is 23.6. The summed E-state index contributed by atoms with van der Waals surface area (Å²) in [6, 6.07) is 7.53. The number of esters is 1. The normalized spacial score (nSPS) is 16.2. The molecular formula is C19H22N4O3S. The second kappa shape index (κ2) is 7.72. The van der Waals surface area contributed by atoms with E-state index in [4.69, 9.17) is 0 Å². The van der Waals surface area contributed by atoms with Gasteiger partial charge in [-0.2, -0.15) is 0 Å². The summed E-state index contributed by atoms with van der Waals surface area (Å²) in [7, 11) is 1.35. The third-order valence-corrected chi connectivity index (χ3v) is 5.69. The standard InChI is InChI=1S/C19H22N4O3S/c1-26-18(25)14-4-2-12(3-5-14)10-20-16(24)11-27-19-22-21-17(13-6-7-13)23(19)15-8-9-15/h2-5,13,15H,6-11H2,1H3,(H,20,24). The van der Waals surface area contributed by atoms with E-state index in [1.165, 1.54) is 44.6 Å². The van der Waals surface area contributed by atoms with Crippen molar-refractivity contribution >= 4 is 23.6 Å². The Morgan fingerprint density at radius 2 is 1.93 bits per heavy atom. The van der Waals surface area contributed by atoms with Gasteiger partial charge in [-0.3, -0.25) is 4.79 Å². The Labute approximate surface area is 161 Å². The summed E-state index contributed by atoms with van der Waals surface area (Å²) in [5, 5.41) is 12.4. The second-order valence-electron chi connectivity index (χ2n) is 6.97. The molecule has 7 nitrogen and oxygen atoms in total. The zero-order valence-corrected chi connectivity index (χ0v) is 16.0. The molecule has 2 fully saturated rings. The minimum absolute atomic E-state index is 0.0460. The number of hydrogen-bond acceptors (Lipinski definition) is 6. The monoisotopic (exact) mass is 386 g/mol. The molecule has 2 saturated carbocycles. The van der Waals surface area contributed by atoms with E-state index in [0.717, 1.165) is 16.5 Å². The van der Waals surface area contributed by atoms with Gasteiger partial charge in [0.2, 0.25) is 5.91 Å². The molecule has 1 N–H and O–H groups in total. The van der Waals surface area contributed by atoms with E-state index in [1.807, 2.05) is 12.1 Å². The number of hydrogen-bond donors (Lipinski definition) is 1. The number of nitrogens with zero attached hydrogens (tertiary/aromatic N) is 3. The summed E-state index contributed by atoms with van der Waals surface area (Å²) in [5.41, 5.74) is 1.42. The Kier molecular flexibility index (Phi) is 5.15. The van der Waals surface area contributed by atoms with Gasteiger partial charge in [0, 0.05) is 18.5 Å². The lowest BCUT2D eigenvalue weighted by molar-refractivity contribution is -0.118. The van der Waals surface area contributed by atoms with E-state index in [-0.39, 0.29) is 11.9 Å². The van der Waals surface area contributed by atoms with Gasteiger partial charge in [-0.15, -0.1) is 10.2 Å². The number of ether oxygens (including phenoxy) is 1. The van der Waals surface area contributed by atoms with Crippen LogP contribution >= 0.6 is 11.8 Å². The van der Waals surface area contributed by atoms with Crippen molar-refractivity contribution in [3.8, 4) is 0 Å². The highest BCUT2D eigenvalue weighted by Crippen LogP contribution is 2.45. The molecular weight excluding hydrogens is 364 g/mol. The molecule has 2 aliphatic rings. The van der Waals surface area contributed by atoms with E-state index in [2.05, 4.69) is 24.8 Å². The summed E-state index contributed by atoms with van der Waals surface area (Å²) in [6.07, 6.45) is 4.76. The van der Waals surface area contributed by atoms with Gasteiger partial charge in [0.15, 0.2) is 5.16 Å². The Bertz CT molecular complexity index is 841. The summed E-state index contributed by atoms with van der Waals surface area (Å²) in [5.74, 6) is 1.57. The number of carbonyl (C=O) groups excluding carboxylic acids is 2. The molecule has 0 atom stereocenters. The maximum absolute atomic E-state index is 12.2. The average molecular weight is 386 g/mol. The third-order valence-electron chi connectivity index (χ3n) is 4.74. The lowest BCUT2D eigenvalue weighted by Gasteiger charge is -2.08. The number of thioether (sulfide) groups is 1. The molecule has 0 aliphatic heterocycles. The van der Waals surface area contributed by atoms with E-state index in [9.17, 15) is 9.59 Å². The largest absolute Gasteiger partial charge is 0.465 e. The number of benzene rings is 1. The molecule has 1 aromatic carbocycles. The maximum atomic E-state index is 12.2. The van der Waals surface area contributed by atoms with Crippen molar-refractivity contribution in [2.45, 2.75) is 49.3 Å². The predicted octanol–water partition coefficient (Wildman–Crippen LogP) is 2.69. The summed E-state index contributed by atoms with van der Waals surface area (Å²) >= 11 is 1.45. The molecule has 2 aromatic rings. The molecule has 0 radical (unpaired) electrons. The third kappa shape index (κ3) is 4.32. The van der Waals surface area contributed by atoms with Crippen molar-refractivity contribution in [3.63, 3.8) is 0 Å². The number of aromatic nitrogens is 3. The number of carbonyl (C=O) groups is 2. The molecule has 1 amide bonds. The van der Waals surface area contributed by atoms with E-state index < -0.39 is 0 Å². The molecule has 2 aliphatic carbocycles. The Hall–Kier alpha value is -2.35. The number of nitrogens with one attached hydrogen (secondary N) is 1. The van der Waals surface area contributed by atoms with Crippen molar-refractivity contribution in [3.05, 3.63) is 41.2 Å². The van der Waals surface area contributed by atoms with E-state index >= 15 is 0 Å². The molecule has 1 aromatic heterocycles. The van der Waals surface area contributed by atoms with Gasteiger partial charge in [-0.1, -0.05) is 23.9 Å². The first-order chi connectivity index (χ1) is 13.2. The number of rotatable bonds is 8. The zero-order chi connectivity index (χ0) is 18.8. The highest BCUT2D eigenvalue weighted by atomic mass is 32.2. The molecule has 0 bridgehead atoms. The minimum Gasteiger partial charge on any atom is -0.465 e. The topological polar surface area (TPSA) is 86.1 Å². The molecule has 0 saturated heterocycles. The fourth-order valence-corrected chi connectivity index (χ4v) is 3.78. The zero-order valence-electron chi connectivity index (χ0n) is 15.2. The van der Waals surface area contributed by atoms with Crippen LogP contribution in [-0.2, 0) is 16.1 Å². The van der Waals surface area contributed by atoms with E-state index in [0.29, 0.717) is 29.8 Å². The molecule has 27 heavy (non-hydrogen) atoms. The Morgan fingerprint density at radius 1 is 1.19 bits per heavy atom. The van der Waals surface area contributed by atoms with Gasteiger partial charge < -0.3 is 14.6 Å². The lowest BCUT2D eigenvalue weighted by Crippen LogP contribution is -2.24.